The van der Waals surface area contributed by atoms with Gasteiger partial charge in [-0.3, -0.25) is 10.1 Å². The average Bonchev–Trinajstić information content (AvgIpc) is 2.70. The molecule has 0 aliphatic carbocycles. The van der Waals surface area contributed by atoms with Crippen molar-refractivity contribution in [3.05, 3.63) is 28.3 Å². The highest BCUT2D eigenvalue weighted by atomic mass is 32.1. The molecule has 0 aliphatic rings. The maximum atomic E-state index is 10.6. The lowest BCUT2D eigenvalue weighted by molar-refractivity contribution is -0.384. The molecule has 6 nitrogen and oxygen atoms in total. The summed E-state index contributed by atoms with van der Waals surface area (Å²) in [5.41, 5.74) is 0.667. The van der Waals surface area contributed by atoms with Crippen LogP contribution in [0.5, 0.6) is 0 Å². The summed E-state index contributed by atoms with van der Waals surface area (Å²) >= 11 is 1.44. The van der Waals surface area contributed by atoms with Crippen molar-refractivity contribution >= 4 is 32.4 Å². The van der Waals surface area contributed by atoms with Crippen LogP contribution in [0.25, 0.3) is 10.2 Å². The number of nitro benzene ring substituents is 1. The quantitative estimate of drug-likeness (QED) is 0.483. The minimum Gasteiger partial charge on any atom is -0.396 e. The van der Waals surface area contributed by atoms with Gasteiger partial charge in [-0.05, 0) is 12.5 Å². The van der Waals surface area contributed by atoms with E-state index in [1.807, 2.05) is 0 Å². The molecule has 1 aromatic heterocycles. The molecule has 0 atom stereocenters. The van der Waals surface area contributed by atoms with Gasteiger partial charge in [-0.2, -0.15) is 0 Å². The van der Waals surface area contributed by atoms with Gasteiger partial charge in [0.2, 0.25) is 0 Å². The maximum Gasteiger partial charge on any atom is 0.271 e. The van der Waals surface area contributed by atoms with E-state index in [2.05, 4.69) is 10.3 Å². The summed E-state index contributed by atoms with van der Waals surface area (Å²) in [6.07, 6.45) is 0.649. The third kappa shape index (κ3) is 2.69. The molecule has 0 radical (unpaired) electrons. The number of fused-ring (bicyclic) bond motifs is 1. The Morgan fingerprint density at radius 3 is 3.06 bits per heavy atom. The number of benzene rings is 1. The van der Waals surface area contributed by atoms with Crippen molar-refractivity contribution in [2.45, 2.75) is 6.42 Å². The number of rotatable bonds is 5. The molecule has 1 aromatic carbocycles. The number of nitrogens with zero attached hydrogens (tertiary/aromatic N) is 2. The Kier molecular flexibility index (Phi) is 3.50. The Balaban J connectivity index is 2.21. The lowest BCUT2D eigenvalue weighted by Gasteiger charge is -1.97. The van der Waals surface area contributed by atoms with E-state index < -0.39 is 4.92 Å². The van der Waals surface area contributed by atoms with Crippen molar-refractivity contribution < 1.29 is 10.0 Å². The molecule has 1 heterocycles. The number of nitrogens with one attached hydrogen (secondary N) is 1. The lowest BCUT2D eigenvalue weighted by Crippen LogP contribution is -2.02. The molecular formula is C10H11N3O3S. The van der Waals surface area contributed by atoms with Gasteiger partial charge in [-0.15, -0.1) is 0 Å². The fourth-order valence-corrected chi connectivity index (χ4v) is 2.25. The number of nitro groups is 1. The summed E-state index contributed by atoms with van der Waals surface area (Å²) in [5, 5.41) is 23.0. The molecule has 0 saturated heterocycles. The summed E-state index contributed by atoms with van der Waals surface area (Å²) < 4.78 is 0.905. The first-order valence-electron chi connectivity index (χ1n) is 5.10. The van der Waals surface area contributed by atoms with Crippen molar-refractivity contribution in [1.29, 1.82) is 0 Å². The number of thiazole rings is 1. The third-order valence-electron chi connectivity index (χ3n) is 2.19. The second kappa shape index (κ2) is 5.07. The van der Waals surface area contributed by atoms with Gasteiger partial charge in [0.25, 0.3) is 5.69 Å². The van der Waals surface area contributed by atoms with E-state index >= 15 is 0 Å². The number of aliphatic hydroxyl groups excluding tert-OH is 1. The Labute approximate surface area is 101 Å². The lowest BCUT2D eigenvalue weighted by atomic mass is 10.3. The van der Waals surface area contributed by atoms with Crippen LogP contribution in [0.4, 0.5) is 10.8 Å². The van der Waals surface area contributed by atoms with Crippen molar-refractivity contribution in [2.75, 3.05) is 18.5 Å². The van der Waals surface area contributed by atoms with Gasteiger partial charge in [0.05, 0.1) is 15.1 Å². The van der Waals surface area contributed by atoms with Gasteiger partial charge in [-0.25, -0.2) is 4.98 Å². The van der Waals surface area contributed by atoms with Crippen LogP contribution in [0.1, 0.15) is 6.42 Å². The Hall–Kier alpha value is -1.73. The SMILES string of the molecule is O=[N+]([O-])c1ccc2sc(NCCCO)nc2c1. The third-order valence-corrected chi connectivity index (χ3v) is 3.19. The number of anilines is 1. The molecule has 0 unspecified atom stereocenters. The molecule has 17 heavy (non-hydrogen) atoms. The Bertz CT molecular complexity index is 541. The highest BCUT2D eigenvalue weighted by Gasteiger charge is 2.09. The van der Waals surface area contributed by atoms with Crippen LogP contribution >= 0.6 is 11.3 Å². The standard InChI is InChI=1S/C10H11N3O3S/c14-5-1-4-11-10-12-8-6-7(13(15)16)2-3-9(8)17-10/h2-3,6,14H,1,4-5H2,(H,11,12). The molecule has 0 bridgehead atoms. The number of aliphatic hydroxyl groups is 1. The molecule has 0 saturated carbocycles. The van der Waals surface area contributed by atoms with Crippen molar-refractivity contribution in [1.82, 2.24) is 4.98 Å². The largest absolute Gasteiger partial charge is 0.396 e. The van der Waals surface area contributed by atoms with Crippen LogP contribution in [0, 0.1) is 10.1 Å². The predicted octanol–water partition coefficient (Wildman–Crippen LogP) is 2.00. The number of non-ortho nitro benzene ring substituents is 1. The van der Waals surface area contributed by atoms with Crippen molar-refractivity contribution in [3.8, 4) is 0 Å². The average molecular weight is 253 g/mol. The summed E-state index contributed by atoms with van der Waals surface area (Å²) in [7, 11) is 0. The molecule has 90 valence electrons. The van der Waals surface area contributed by atoms with E-state index in [0.717, 1.165) is 4.70 Å². The summed E-state index contributed by atoms with van der Waals surface area (Å²) in [6.45, 7) is 0.766. The molecule has 2 N–H and O–H groups in total. The molecule has 7 heteroatoms. The first-order chi connectivity index (χ1) is 8.20. The highest BCUT2D eigenvalue weighted by Crippen LogP contribution is 2.28. The van der Waals surface area contributed by atoms with Crippen molar-refractivity contribution in [3.63, 3.8) is 0 Å². The molecular weight excluding hydrogens is 242 g/mol. The van der Waals surface area contributed by atoms with E-state index in [1.165, 1.54) is 23.5 Å². The van der Waals surface area contributed by atoms with Gasteiger partial charge in [0.15, 0.2) is 5.13 Å². The Morgan fingerprint density at radius 1 is 1.53 bits per heavy atom. The fourth-order valence-electron chi connectivity index (χ4n) is 1.38. The first-order valence-corrected chi connectivity index (χ1v) is 5.92. The van der Waals surface area contributed by atoms with Gasteiger partial charge >= 0.3 is 0 Å². The van der Waals surface area contributed by atoms with E-state index in [4.69, 9.17) is 5.11 Å². The molecule has 0 amide bonds. The maximum absolute atomic E-state index is 10.6. The summed E-state index contributed by atoms with van der Waals surface area (Å²) in [4.78, 5) is 14.4. The van der Waals surface area contributed by atoms with E-state index in [9.17, 15) is 10.1 Å². The van der Waals surface area contributed by atoms with Crippen LogP contribution in [0.2, 0.25) is 0 Å². The first kappa shape index (κ1) is 11.7. The van der Waals surface area contributed by atoms with Crippen LogP contribution in [0.15, 0.2) is 18.2 Å². The van der Waals surface area contributed by atoms with Crippen molar-refractivity contribution in [2.24, 2.45) is 0 Å². The molecule has 2 rings (SSSR count). The highest BCUT2D eigenvalue weighted by molar-refractivity contribution is 7.22. The molecule has 0 fully saturated rings. The number of hydrogen-bond donors (Lipinski definition) is 2. The second-order valence-electron chi connectivity index (χ2n) is 3.43. The molecule has 0 spiro atoms. The van der Waals surface area contributed by atoms with Gasteiger partial charge in [-0.1, -0.05) is 11.3 Å². The van der Waals surface area contributed by atoms with E-state index in [-0.39, 0.29) is 12.3 Å². The zero-order valence-electron chi connectivity index (χ0n) is 8.92. The monoisotopic (exact) mass is 253 g/mol. The van der Waals surface area contributed by atoms with E-state index in [0.29, 0.717) is 23.6 Å². The van der Waals surface area contributed by atoms with Crippen LogP contribution in [0.3, 0.4) is 0 Å². The topological polar surface area (TPSA) is 88.3 Å². The minimum atomic E-state index is -0.433. The number of hydrogen-bond acceptors (Lipinski definition) is 6. The van der Waals surface area contributed by atoms with E-state index in [1.54, 1.807) is 6.07 Å². The molecule has 0 aliphatic heterocycles. The summed E-state index contributed by atoms with van der Waals surface area (Å²) in [5.74, 6) is 0. The zero-order chi connectivity index (χ0) is 12.3. The second-order valence-corrected chi connectivity index (χ2v) is 4.46. The van der Waals surface area contributed by atoms with Crippen LogP contribution < -0.4 is 5.32 Å². The summed E-state index contributed by atoms with van der Waals surface area (Å²) in [6, 6.07) is 4.63. The smallest absolute Gasteiger partial charge is 0.271 e. The molecule has 2 aromatic rings. The van der Waals surface area contributed by atoms with Gasteiger partial charge in [0.1, 0.15) is 0 Å². The fraction of sp³-hybridized carbons (Fsp3) is 0.300. The van der Waals surface area contributed by atoms with Gasteiger partial charge < -0.3 is 10.4 Å². The van der Waals surface area contributed by atoms with Crippen LogP contribution in [-0.2, 0) is 0 Å². The van der Waals surface area contributed by atoms with Crippen LogP contribution in [-0.4, -0.2) is 28.2 Å². The van der Waals surface area contributed by atoms with Gasteiger partial charge in [0, 0.05) is 25.3 Å². The Morgan fingerprint density at radius 2 is 2.35 bits per heavy atom. The number of aromatic nitrogens is 1. The predicted molar refractivity (Wildman–Crippen MR) is 66.5 cm³/mol. The zero-order valence-corrected chi connectivity index (χ0v) is 9.74. The minimum absolute atomic E-state index is 0.0460. The normalized spacial score (nSPS) is 10.6.